The van der Waals surface area contributed by atoms with E-state index in [0.29, 0.717) is 11.8 Å². The third-order valence-electron chi connectivity index (χ3n) is 13.5. The van der Waals surface area contributed by atoms with Crippen molar-refractivity contribution in [1.29, 1.82) is 0 Å². The molecule has 0 bridgehead atoms. The molecule has 5 fully saturated rings. The molecule has 5 rings (SSSR count). The van der Waals surface area contributed by atoms with E-state index in [1.54, 1.807) is 0 Å². The summed E-state index contributed by atoms with van der Waals surface area (Å²) in [5, 5.41) is 37.6. The highest BCUT2D eigenvalue weighted by molar-refractivity contribution is 5.78. The number of nitrogens with one attached hydrogen (secondary N) is 1. The minimum atomic E-state index is -0.379. The van der Waals surface area contributed by atoms with Crippen molar-refractivity contribution in [1.82, 2.24) is 10.2 Å². The second-order valence-electron chi connectivity index (χ2n) is 15.0. The van der Waals surface area contributed by atoms with Crippen molar-refractivity contribution in [2.24, 2.45) is 50.7 Å². The normalized spacial score (nSPS) is 54.4. The fourth-order valence-corrected chi connectivity index (χ4v) is 11.3. The Labute approximate surface area is 218 Å². The number of carbonyl (C=O) groups is 1. The van der Waals surface area contributed by atoms with E-state index in [0.717, 1.165) is 44.9 Å². The van der Waals surface area contributed by atoms with Crippen LogP contribution in [-0.4, -0.2) is 71.1 Å². The van der Waals surface area contributed by atoms with Crippen LogP contribution in [0.15, 0.2) is 0 Å². The fourth-order valence-electron chi connectivity index (χ4n) is 11.3. The number of rotatable bonds is 5. The number of aliphatic hydroxyl groups is 3. The molecule has 0 saturated heterocycles. The highest BCUT2D eigenvalue weighted by atomic mass is 16.3. The van der Waals surface area contributed by atoms with E-state index in [1.807, 2.05) is 13.8 Å². The Morgan fingerprint density at radius 3 is 2.22 bits per heavy atom. The van der Waals surface area contributed by atoms with Gasteiger partial charge in [-0.3, -0.25) is 4.79 Å². The molecule has 5 aliphatic carbocycles. The minimum absolute atomic E-state index is 0.0205. The summed E-state index contributed by atoms with van der Waals surface area (Å²) in [7, 11) is 4.20. The number of fused-ring (bicyclic) bond motifs is 2. The van der Waals surface area contributed by atoms with Crippen LogP contribution in [0.2, 0.25) is 0 Å². The SMILES string of the molecule is CC(C)C(=O)N[C@H]1CCC23C[C@@]24[C@@H](CC[C@H]3[C@]1(C)CO)[C@]1(C)C[C@@H](O)[C@H]([C@H](C)N(C)C)[C@@]1(C)C[C@@H]4O. The summed E-state index contributed by atoms with van der Waals surface area (Å²) in [6.45, 7) is 13.1. The van der Waals surface area contributed by atoms with Crippen LogP contribution in [0.5, 0.6) is 0 Å². The lowest BCUT2D eigenvalue weighted by molar-refractivity contribution is -0.199. The molecule has 6 nitrogen and oxygen atoms in total. The molecule has 0 aliphatic heterocycles. The first-order valence-electron chi connectivity index (χ1n) is 14.6. The van der Waals surface area contributed by atoms with Crippen LogP contribution in [0.4, 0.5) is 0 Å². The van der Waals surface area contributed by atoms with Crippen LogP contribution >= 0.6 is 0 Å². The van der Waals surface area contributed by atoms with Crippen molar-refractivity contribution in [3.8, 4) is 0 Å². The molecule has 12 atom stereocenters. The molecule has 1 amide bonds. The highest BCUT2D eigenvalue weighted by Gasteiger charge is 2.85. The molecular formula is C30H52N2O4. The van der Waals surface area contributed by atoms with Gasteiger partial charge in [0.25, 0.3) is 0 Å². The first-order valence-corrected chi connectivity index (χ1v) is 14.6. The van der Waals surface area contributed by atoms with Gasteiger partial charge in [0.2, 0.25) is 5.91 Å². The number of nitrogens with zero attached hydrogens (tertiary/aromatic N) is 1. The summed E-state index contributed by atoms with van der Waals surface area (Å²) in [6.07, 6.45) is 5.81. The van der Waals surface area contributed by atoms with Gasteiger partial charge in [0.15, 0.2) is 0 Å². The molecular weight excluding hydrogens is 452 g/mol. The van der Waals surface area contributed by atoms with Gasteiger partial charge in [-0.1, -0.05) is 34.6 Å². The third-order valence-corrected chi connectivity index (χ3v) is 13.5. The largest absolute Gasteiger partial charge is 0.396 e. The molecule has 0 aromatic heterocycles. The third kappa shape index (κ3) is 3.02. The van der Waals surface area contributed by atoms with E-state index in [4.69, 9.17) is 0 Å². The second-order valence-corrected chi connectivity index (χ2v) is 15.0. The summed E-state index contributed by atoms with van der Waals surface area (Å²) in [5.41, 5.74) is -0.607. The van der Waals surface area contributed by atoms with E-state index < -0.39 is 0 Å². The van der Waals surface area contributed by atoms with Gasteiger partial charge in [-0.25, -0.2) is 0 Å². The topological polar surface area (TPSA) is 93.0 Å². The summed E-state index contributed by atoms with van der Waals surface area (Å²) in [5.74, 6) is 0.811. The zero-order valence-electron chi connectivity index (χ0n) is 24.0. The molecule has 1 unspecified atom stereocenters. The average Bonchev–Trinajstić information content (AvgIpc) is 3.44. The van der Waals surface area contributed by atoms with Crippen LogP contribution in [-0.2, 0) is 4.79 Å². The number of amides is 1. The predicted octanol–water partition coefficient (Wildman–Crippen LogP) is 3.43. The van der Waals surface area contributed by atoms with E-state index in [-0.39, 0.29) is 75.7 Å². The summed E-state index contributed by atoms with van der Waals surface area (Å²) in [6, 6.07) is 0.220. The summed E-state index contributed by atoms with van der Waals surface area (Å²) in [4.78, 5) is 14.9. The van der Waals surface area contributed by atoms with Crippen LogP contribution in [0.25, 0.3) is 0 Å². The Bertz CT molecular complexity index is 909. The van der Waals surface area contributed by atoms with Gasteiger partial charge in [0.1, 0.15) is 0 Å². The number of carbonyl (C=O) groups excluding carboxylic acids is 1. The zero-order chi connectivity index (χ0) is 26.6. The van der Waals surface area contributed by atoms with Crippen molar-refractivity contribution in [3.63, 3.8) is 0 Å². The van der Waals surface area contributed by atoms with Crippen LogP contribution in [0.1, 0.15) is 86.5 Å². The molecule has 5 saturated carbocycles. The van der Waals surface area contributed by atoms with Gasteiger partial charge in [-0.15, -0.1) is 0 Å². The van der Waals surface area contributed by atoms with Gasteiger partial charge >= 0.3 is 0 Å². The second kappa shape index (κ2) is 8.16. The van der Waals surface area contributed by atoms with Crippen molar-refractivity contribution in [2.45, 2.75) is 111 Å². The summed E-state index contributed by atoms with van der Waals surface area (Å²) >= 11 is 0. The molecule has 4 N–H and O–H groups in total. The first kappa shape index (κ1) is 26.9. The van der Waals surface area contributed by atoms with Gasteiger partial charge in [-0.05, 0) is 94.0 Å². The lowest BCUT2D eigenvalue weighted by Gasteiger charge is -2.65. The molecule has 2 spiro atoms. The Hall–Kier alpha value is -0.690. The van der Waals surface area contributed by atoms with Gasteiger partial charge in [-0.2, -0.15) is 0 Å². The maximum Gasteiger partial charge on any atom is 0.222 e. The lowest BCUT2D eigenvalue weighted by atomic mass is 9.41. The maximum atomic E-state index is 12.7. The Balaban J connectivity index is 1.50. The maximum absolute atomic E-state index is 12.7. The quantitative estimate of drug-likeness (QED) is 0.460. The Morgan fingerprint density at radius 2 is 1.64 bits per heavy atom. The van der Waals surface area contributed by atoms with Crippen molar-refractivity contribution < 1.29 is 20.1 Å². The molecule has 36 heavy (non-hydrogen) atoms. The van der Waals surface area contributed by atoms with E-state index in [9.17, 15) is 20.1 Å². The minimum Gasteiger partial charge on any atom is -0.396 e. The highest BCUT2D eigenvalue weighted by Crippen LogP contribution is 2.88. The molecule has 0 heterocycles. The smallest absolute Gasteiger partial charge is 0.222 e. The average molecular weight is 505 g/mol. The van der Waals surface area contributed by atoms with Crippen LogP contribution in [0.3, 0.4) is 0 Å². The molecule has 0 aromatic rings. The molecule has 0 radical (unpaired) electrons. The molecule has 0 aromatic carbocycles. The van der Waals surface area contributed by atoms with E-state index in [1.165, 1.54) is 0 Å². The lowest BCUT2D eigenvalue weighted by Crippen LogP contribution is -2.64. The predicted molar refractivity (Wildman–Crippen MR) is 141 cm³/mol. The molecule has 206 valence electrons. The monoisotopic (exact) mass is 504 g/mol. The molecule has 6 heteroatoms. The first-order chi connectivity index (χ1) is 16.7. The van der Waals surface area contributed by atoms with E-state index in [2.05, 4.69) is 52.0 Å². The van der Waals surface area contributed by atoms with Crippen molar-refractivity contribution in [3.05, 3.63) is 0 Å². The summed E-state index contributed by atoms with van der Waals surface area (Å²) < 4.78 is 0. The van der Waals surface area contributed by atoms with Gasteiger partial charge < -0.3 is 25.5 Å². The fraction of sp³-hybridized carbons (Fsp3) is 0.967. The molecule has 5 aliphatic rings. The Morgan fingerprint density at radius 1 is 1.00 bits per heavy atom. The van der Waals surface area contributed by atoms with Crippen molar-refractivity contribution in [2.75, 3.05) is 20.7 Å². The number of hydrogen-bond acceptors (Lipinski definition) is 5. The zero-order valence-corrected chi connectivity index (χ0v) is 24.0. The van der Waals surface area contributed by atoms with Crippen LogP contribution in [0, 0.1) is 50.7 Å². The number of aliphatic hydroxyl groups excluding tert-OH is 3. The van der Waals surface area contributed by atoms with Gasteiger partial charge in [0, 0.05) is 34.7 Å². The van der Waals surface area contributed by atoms with Crippen LogP contribution < -0.4 is 5.32 Å². The number of hydrogen-bond donors (Lipinski definition) is 4. The van der Waals surface area contributed by atoms with E-state index >= 15 is 0 Å². The van der Waals surface area contributed by atoms with Crippen molar-refractivity contribution >= 4 is 5.91 Å². The Kier molecular flexibility index (Phi) is 6.10. The standard InChI is InChI=1S/C30H52N2O4/c1-17(2)25(36)31-22-11-12-29-15-30(29)21(10-9-20(29)26(22,4)16-33)27(5)13-19(34)24(18(3)32(7)8)28(27,6)14-23(30)35/h17-24,33-35H,9-16H2,1-8H3,(H,31,36)/t18-,19+,20-,21-,22-,23-,24-,26-,27-,28+,29?,30-/m0/s1. The van der Waals surface area contributed by atoms with Gasteiger partial charge in [0.05, 0.1) is 18.8 Å².